The predicted molar refractivity (Wildman–Crippen MR) is 62.1 cm³/mol. The number of hydrogen-bond acceptors (Lipinski definition) is 4. The molecule has 2 rings (SSSR count). The number of ketones is 1. The van der Waals surface area contributed by atoms with Crippen molar-refractivity contribution in [1.82, 2.24) is 14.8 Å². The molecular formula is C12H13N3O2. The zero-order chi connectivity index (χ0) is 12.3. The first-order valence-electron chi connectivity index (χ1n) is 5.22. The molecule has 17 heavy (non-hydrogen) atoms. The Balaban J connectivity index is 2.12. The standard InChI is InChI=1S/C12H13N3O2/c1-9-14-13-8-15(9)7-12(16)10-3-5-11(17-2)6-4-10/h3-6,8H,7H2,1-2H3. The number of ether oxygens (including phenoxy) is 1. The van der Waals surface area contributed by atoms with Crippen molar-refractivity contribution < 1.29 is 9.53 Å². The summed E-state index contributed by atoms with van der Waals surface area (Å²) in [4.78, 5) is 11.9. The van der Waals surface area contributed by atoms with Gasteiger partial charge in [-0.1, -0.05) is 0 Å². The van der Waals surface area contributed by atoms with Gasteiger partial charge in [-0.2, -0.15) is 0 Å². The van der Waals surface area contributed by atoms with Crippen LogP contribution in [0.2, 0.25) is 0 Å². The van der Waals surface area contributed by atoms with Crippen molar-refractivity contribution in [2.45, 2.75) is 13.5 Å². The molecule has 0 saturated carbocycles. The maximum atomic E-state index is 11.9. The topological polar surface area (TPSA) is 57.0 Å². The zero-order valence-corrected chi connectivity index (χ0v) is 9.75. The fourth-order valence-corrected chi connectivity index (χ4v) is 1.49. The molecule has 0 N–H and O–H groups in total. The van der Waals surface area contributed by atoms with Gasteiger partial charge in [0.1, 0.15) is 17.9 Å². The van der Waals surface area contributed by atoms with Gasteiger partial charge in [0.2, 0.25) is 0 Å². The van der Waals surface area contributed by atoms with Crippen molar-refractivity contribution in [2.24, 2.45) is 0 Å². The van der Waals surface area contributed by atoms with E-state index in [4.69, 9.17) is 4.74 Å². The smallest absolute Gasteiger partial charge is 0.182 e. The second-order valence-electron chi connectivity index (χ2n) is 3.66. The van der Waals surface area contributed by atoms with Crippen LogP contribution >= 0.6 is 0 Å². The molecule has 0 aliphatic rings. The van der Waals surface area contributed by atoms with Gasteiger partial charge in [-0.15, -0.1) is 10.2 Å². The normalized spacial score (nSPS) is 10.2. The summed E-state index contributed by atoms with van der Waals surface area (Å²) in [5.74, 6) is 1.49. The van der Waals surface area contributed by atoms with Crippen LogP contribution in [0.1, 0.15) is 16.2 Å². The van der Waals surface area contributed by atoms with E-state index in [1.165, 1.54) is 0 Å². The summed E-state index contributed by atoms with van der Waals surface area (Å²) in [5, 5.41) is 7.57. The minimum atomic E-state index is 0.0237. The predicted octanol–water partition coefficient (Wildman–Crippen LogP) is 1.48. The summed E-state index contributed by atoms with van der Waals surface area (Å²) in [6.07, 6.45) is 1.55. The molecule has 0 atom stereocenters. The molecule has 0 unspecified atom stereocenters. The highest BCUT2D eigenvalue weighted by molar-refractivity contribution is 5.96. The van der Waals surface area contributed by atoms with E-state index in [1.54, 1.807) is 42.3 Å². The zero-order valence-electron chi connectivity index (χ0n) is 9.75. The van der Waals surface area contributed by atoms with E-state index in [1.807, 2.05) is 6.92 Å². The van der Waals surface area contributed by atoms with Gasteiger partial charge in [0, 0.05) is 5.56 Å². The highest BCUT2D eigenvalue weighted by Crippen LogP contribution is 2.12. The van der Waals surface area contributed by atoms with Gasteiger partial charge in [0.15, 0.2) is 5.78 Å². The van der Waals surface area contributed by atoms with Crippen LogP contribution in [0.15, 0.2) is 30.6 Å². The second kappa shape index (κ2) is 4.78. The van der Waals surface area contributed by atoms with Crippen LogP contribution in [0.4, 0.5) is 0 Å². The minimum Gasteiger partial charge on any atom is -0.497 e. The summed E-state index contributed by atoms with van der Waals surface area (Å²) >= 11 is 0. The molecule has 5 heteroatoms. The third kappa shape index (κ3) is 2.50. The maximum Gasteiger partial charge on any atom is 0.182 e. The quantitative estimate of drug-likeness (QED) is 0.748. The number of carbonyl (C=O) groups is 1. The first kappa shape index (κ1) is 11.3. The molecule has 1 heterocycles. The lowest BCUT2D eigenvalue weighted by Crippen LogP contribution is -2.10. The van der Waals surface area contributed by atoms with Crippen molar-refractivity contribution in [2.75, 3.05) is 7.11 Å². The first-order valence-corrected chi connectivity index (χ1v) is 5.22. The van der Waals surface area contributed by atoms with Crippen molar-refractivity contribution in [3.63, 3.8) is 0 Å². The number of aromatic nitrogens is 3. The third-order valence-corrected chi connectivity index (χ3v) is 2.54. The van der Waals surface area contributed by atoms with Crippen molar-refractivity contribution in [3.05, 3.63) is 42.0 Å². The largest absolute Gasteiger partial charge is 0.497 e. The molecule has 0 amide bonds. The summed E-state index contributed by atoms with van der Waals surface area (Å²) in [6, 6.07) is 7.04. The van der Waals surface area contributed by atoms with Crippen molar-refractivity contribution in [3.8, 4) is 5.75 Å². The lowest BCUT2D eigenvalue weighted by atomic mass is 10.1. The van der Waals surface area contributed by atoms with Gasteiger partial charge in [-0.05, 0) is 31.2 Å². The molecule has 0 spiro atoms. The lowest BCUT2D eigenvalue weighted by molar-refractivity contribution is 0.0971. The third-order valence-electron chi connectivity index (χ3n) is 2.54. The highest BCUT2D eigenvalue weighted by Gasteiger charge is 2.08. The molecule has 0 radical (unpaired) electrons. The Morgan fingerprint density at radius 2 is 2.06 bits per heavy atom. The number of benzene rings is 1. The number of Topliss-reactive ketones (excluding diaryl/α,β-unsaturated/α-hetero) is 1. The summed E-state index contributed by atoms with van der Waals surface area (Å²) < 4.78 is 6.75. The Labute approximate surface area is 99.1 Å². The van der Waals surface area contributed by atoms with Gasteiger partial charge >= 0.3 is 0 Å². The van der Waals surface area contributed by atoms with Gasteiger partial charge in [0.25, 0.3) is 0 Å². The monoisotopic (exact) mass is 231 g/mol. The van der Waals surface area contributed by atoms with E-state index in [0.29, 0.717) is 5.56 Å². The number of nitrogens with zero attached hydrogens (tertiary/aromatic N) is 3. The van der Waals surface area contributed by atoms with E-state index in [9.17, 15) is 4.79 Å². The SMILES string of the molecule is COc1ccc(C(=O)Cn2cnnc2C)cc1. The van der Waals surface area contributed by atoms with E-state index in [-0.39, 0.29) is 12.3 Å². The number of methoxy groups -OCH3 is 1. The van der Waals surface area contributed by atoms with E-state index in [2.05, 4.69) is 10.2 Å². The molecule has 1 aromatic carbocycles. The number of rotatable bonds is 4. The van der Waals surface area contributed by atoms with Crippen LogP contribution in [-0.2, 0) is 6.54 Å². The lowest BCUT2D eigenvalue weighted by Gasteiger charge is -2.04. The summed E-state index contributed by atoms with van der Waals surface area (Å²) in [6.45, 7) is 2.07. The van der Waals surface area contributed by atoms with Crippen LogP contribution < -0.4 is 4.74 Å². The Hall–Kier alpha value is -2.17. The summed E-state index contributed by atoms with van der Waals surface area (Å²) in [5.41, 5.74) is 0.652. The van der Waals surface area contributed by atoms with Gasteiger partial charge in [-0.3, -0.25) is 4.79 Å². The molecule has 0 fully saturated rings. The fourth-order valence-electron chi connectivity index (χ4n) is 1.49. The van der Waals surface area contributed by atoms with Crippen molar-refractivity contribution >= 4 is 5.78 Å². The molecule has 0 aliphatic heterocycles. The Bertz CT molecular complexity index is 517. The number of aryl methyl sites for hydroxylation is 1. The van der Waals surface area contributed by atoms with Crippen LogP contribution in [-0.4, -0.2) is 27.7 Å². The van der Waals surface area contributed by atoms with Crippen LogP contribution in [0.25, 0.3) is 0 Å². The molecule has 0 bridgehead atoms. The Kier molecular flexibility index (Phi) is 3.18. The molecule has 2 aromatic rings. The van der Waals surface area contributed by atoms with Crippen LogP contribution in [0, 0.1) is 6.92 Å². The number of carbonyl (C=O) groups excluding carboxylic acids is 1. The summed E-state index contributed by atoms with van der Waals surface area (Å²) in [7, 11) is 1.59. The maximum absolute atomic E-state index is 11.9. The first-order chi connectivity index (χ1) is 8.20. The Morgan fingerprint density at radius 3 is 2.59 bits per heavy atom. The Morgan fingerprint density at radius 1 is 1.35 bits per heavy atom. The van der Waals surface area contributed by atoms with Crippen LogP contribution in [0.5, 0.6) is 5.75 Å². The molecule has 0 saturated heterocycles. The molecule has 1 aromatic heterocycles. The molecule has 0 aliphatic carbocycles. The average molecular weight is 231 g/mol. The van der Waals surface area contributed by atoms with Gasteiger partial charge < -0.3 is 9.30 Å². The second-order valence-corrected chi connectivity index (χ2v) is 3.66. The minimum absolute atomic E-state index is 0.0237. The molecular weight excluding hydrogens is 218 g/mol. The molecule has 88 valence electrons. The van der Waals surface area contributed by atoms with E-state index >= 15 is 0 Å². The van der Waals surface area contributed by atoms with Gasteiger partial charge in [-0.25, -0.2) is 0 Å². The fraction of sp³-hybridized carbons (Fsp3) is 0.250. The average Bonchev–Trinajstić information content (AvgIpc) is 2.75. The number of hydrogen-bond donors (Lipinski definition) is 0. The molecule has 5 nitrogen and oxygen atoms in total. The highest BCUT2D eigenvalue weighted by atomic mass is 16.5. The van der Waals surface area contributed by atoms with Crippen LogP contribution in [0.3, 0.4) is 0 Å². The van der Waals surface area contributed by atoms with E-state index in [0.717, 1.165) is 11.6 Å². The van der Waals surface area contributed by atoms with Gasteiger partial charge in [0.05, 0.1) is 13.7 Å². The van der Waals surface area contributed by atoms with Crippen molar-refractivity contribution in [1.29, 1.82) is 0 Å². The van der Waals surface area contributed by atoms with E-state index < -0.39 is 0 Å².